The fourth-order valence-electron chi connectivity index (χ4n) is 1.15. The highest BCUT2D eigenvalue weighted by atomic mass is 127. The molecule has 0 atom stereocenters. The third-order valence-corrected chi connectivity index (χ3v) is 2.51. The molecule has 72 valence electrons. The fraction of sp³-hybridized carbons (Fsp3) is 0.111. The van der Waals surface area contributed by atoms with Crippen LogP contribution in [0.15, 0.2) is 24.7 Å². The van der Waals surface area contributed by atoms with Gasteiger partial charge in [-0.3, -0.25) is 0 Å². The van der Waals surface area contributed by atoms with Crippen LogP contribution >= 0.6 is 22.6 Å². The average molecular weight is 300 g/mol. The first-order valence-corrected chi connectivity index (χ1v) is 5.18. The van der Waals surface area contributed by atoms with E-state index in [1.54, 1.807) is 17.1 Å². The van der Waals surface area contributed by atoms with Crippen LogP contribution in [0.1, 0.15) is 5.56 Å². The van der Waals surface area contributed by atoms with Crippen LogP contribution in [-0.4, -0.2) is 14.8 Å². The molecule has 5 heteroatoms. The maximum absolute atomic E-state index is 5.90. The zero-order valence-corrected chi connectivity index (χ0v) is 9.76. The molecule has 2 N–H and O–H groups in total. The molecule has 0 spiro atoms. The predicted molar refractivity (Wildman–Crippen MR) is 63.2 cm³/mol. The van der Waals surface area contributed by atoms with Crippen molar-refractivity contribution in [1.82, 2.24) is 14.8 Å². The number of hydrogen-bond acceptors (Lipinski definition) is 3. The number of anilines is 1. The normalized spacial score (nSPS) is 10.4. The lowest BCUT2D eigenvalue weighted by Gasteiger charge is -2.05. The van der Waals surface area contributed by atoms with Gasteiger partial charge < -0.3 is 5.73 Å². The van der Waals surface area contributed by atoms with Crippen molar-refractivity contribution >= 4 is 28.3 Å². The van der Waals surface area contributed by atoms with Crippen LogP contribution in [-0.2, 0) is 0 Å². The average Bonchev–Trinajstić information content (AvgIpc) is 2.57. The quantitative estimate of drug-likeness (QED) is 0.817. The Balaban J connectivity index is 2.57. The SMILES string of the molecule is Cc1ccnc(-n2cc(I)cn2)c1N. The maximum Gasteiger partial charge on any atom is 0.176 e. The molecule has 14 heavy (non-hydrogen) atoms. The first-order chi connectivity index (χ1) is 6.68. The number of nitrogen functional groups attached to an aromatic ring is 1. The molecule has 2 rings (SSSR count). The minimum atomic E-state index is 0.673. The van der Waals surface area contributed by atoms with Crippen molar-refractivity contribution in [2.24, 2.45) is 0 Å². The zero-order valence-electron chi connectivity index (χ0n) is 7.61. The van der Waals surface area contributed by atoms with Gasteiger partial charge in [0, 0.05) is 12.4 Å². The molecule has 2 heterocycles. The number of nitrogens with two attached hydrogens (primary N) is 1. The zero-order chi connectivity index (χ0) is 10.1. The molecule has 4 nitrogen and oxygen atoms in total. The lowest BCUT2D eigenvalue weighted by atomic mass is 10.2. The molecule has 0 aromatic carbocycles. The highest BCUT2D eigenvalue weighted by molar-refractivity contribution is 14.1. The molecule has 0 radical (unpaired) electrons. The first-order valence-electron chi connectivity index (χ1n) is 4.10. The predicted octanol–water partition coefficient (Wildman–Crippen LogP) is 1.76. The number of rotatable bonds is 1. The molecule has 0 aliphatic rings. The van der Waals surface area contributed by atoms with E-state index in [2.05, 4.69) is 32.7 Å². The molecule has 0 bridgehead atoms. The fourth-order valence-corrected chi connectivity index (χ4v) is 1.54. The highest BCUT2D eigenvalue weighted by Crippen LogP contribution is 2.17. The van der Waals surface area contributed by atoms with Crippen molar-refractivity contribution in [2.75, 3.05) is 5.73 Å². The standard InChI is InChI=1S/C9H9IN4/c1-6-2-3-12-9(8(6)11)14-5-7(10)4-13-14/h2-5H,11H2,1H3. The van der Waals surface area contributed by atoms with Gasteiger partial charge in [0.1, 0.15) is 0 Å². The summed E-state index contributed by atoms with van der Waals surface area (Å²) in [6.45, 7) is 1.95. The second kappa shape index (κ2) is 3.56. The van der Waals surface area contributed by atoms with E-state index in [1.807, 2.05) is 19.2 Å². The molecule has 2 aromatic rings. The summed E-state index contributed by atoms with van der Waals surface area (Å²) in [4.78, 5) is 4.19. The number of pyridine rings is 1. The lowest BCUT2D eigenvalue weighted by Crippen LogP contribution is -2.04. The Kier molecular flexibility index (Phi) is 2.40. The van der Waals surface area contributed by atoms with Crippen molar-refractivity contribution in [1.29, 1.82) is 0 Å². The van der Waals surface area contributed by atoms with Gasteiger partial charge in [-0.1, -0.05) is 0 Å². The molecular weight excluding hydrogens is 291 g/mol. The third kappa shape index (κ3) is 1.59. The highest BCUT2D eigenvalue weighted by Gasteiger charge is 2.06. The van der Waals surface area contributed by atoms with Gasteiger partial charge in [0.2, 0.25) is 0 Å². The van der Waals surface area contributed by atoms with E-state index in [4.69, 9.17) is 5.73 Å². The Hall–Kier alpha value is -1.11. The number of aromatic nitrogens is 3. The van der Waals surface area contributed by atoms with Crippen LogP contribution in [0, 0.1) is 10.5 Å². The summed E-state index contributed by atoms with van der Waals surface area (Å²) in [6.07, 6.45) is 5.39. The molecular formula is C9H9IN4. The first kappa shape index (κ1) is 9.45. The Morgan fingerprint density at radius 3 is 2.93 bits per heavy atom. The molecule has 0 saturated heterocycles. The molecule has 0 saturated carbocycles. The van der Waals surface area contributed by atoms with Gasteiger partial charge in [-0.05, 0) is 41.1 Å². The van der Waals surface area contributed by atoms with Gasteiger partial charge >= 0.3 is 0 Å². The van der Waals surface area contributed by atoms with Crippen LogP contribution in [0.5, 0.6) is 0 Å². The Morgan fingerprint density at radius 2 is 2.29 bits per heavy atom. The summed E-state index contributed by atoms with van der Waals surface area (Å²) >= 11 is 2.20. The smallest absolute Gasteiger partial charge is 0.176 e. The monoisotopic (exact) mass is 300 g/mol. The van der Waals surface area contributed by atoms with Crippen LogP contribution in [0.3, 0.4) is 0 Å². The van der Waals surface area contributed by atoms with Crippen LogP contribution in [0.25, 0.3) is 5.82 Å². The Bertz CT molecular complexity index is 464. The molecule has 0 aliphatic heterocycles. The summed E-state index contributed by atoms with van der Waals surface area (Å²) in [5, 5.41) is 4.15. The van der Waals surface area contributed by atoms with E-state index in [9.17, 15) is 0 Å². The summed E-state index contributed by atoms with van der Waals surface area (Å²) in [5.41, 5.74) is 7.59. The number of aryl methyl sites for hydroxylation is 1. The van der Waals surface area contributed by atoms with Gasteiger partial charge in [-0.2, -0.15) is 5.10 Å². The van der Waals surface area contributed by atoms with Crippen LogP contribution in [0.4, 0.5) is 5.69 Å². The third-order valence-electron chi connectivity index (χ3n) is 1.96. The van der Waals surface area contributed by atoms with Crippen molar-refractivity contribution in [2.45, 2.75) is 6.92 Å². The number of hydrogen-bond donors (Lipinski definition) is 1. The van der Waals surface area contributed by atoms with Crippen molar-refractivity contribution in [3.05, 3.63) is 33.8 Å². The van der Waals surface area contributed by atoms with E-state index in [0.717, 1.165) is 9.13 Å². The van der Waals surface area contributed by atoms with Gasteiger partial charge in [0.05, 0.1) is 15.5 Å². The molecule has 2 aromatic heterocycles. The van der Waals surface area contributed by atoms with Crippen LogP contribution < -0.4 is 5.73 Å². The van der Waals surface area contributed by atoms with Crippen molar-refractivity contribution in [3.63, 3.8) is 0 Å². The van der Waals surface area contributed by atoms with E-state index < -0.39 is 0 Å². The van der Waals surface area contributed by atoms with E-state index >= 15 is 0 Å². The van der Waals surface area contributed by atoms with Gasteiger partial charge in [0.15, 0.2) is 5.82 Å². The number of halogens is 1. The lowest BCUT2D eigenvalue weighted by molar-refractivity contribution is 0.848. The van der Waals surface area contributed by atoms with Gasteiger partial charge in [-0.25, -0.2) is 9.67 Å². The second-order valence-corrected chi connectivity index (χ2v) is 4.21. The Morgan fingerprint density at radius 1 is 1.50 bits per heavy atom. The summed E-state index contributed by atoms with van der Waals surface area (Å²) in [5.74, 6) is 0.688. The Labute approximate surface area is 95.3 Å². The minimum Gasteiger partial charge on any atom is -0.395 e. The van der Waals surface area contributed by atoms with E-state index in [0.29, 0.717) is 11.5 Å². The summed E-state index contributed by atoms with van der Waals surface area (Å²) < 4.78 is 2.75. The van der Waals surface area contributed by atoms with Gasteiger partial charge in [0.25, 0.3) is 0 Å². The van der Waals surface area contributed by atoms with Crippen molar-refractivity contribution < 1.29 is 0 Å². The van der Waals surface area contributed by atoms with E-state index in [1.165, 1.54) is 0 Å². The molecule has 0 amide bonds. The topological polar surface area (TPSA) is 56.7 Å². The number of nitrogens with zero attached hydrogens (tertiary/aromatic N) is 3. The molecule has 0 unspecified atom stereocenters. The second-order valence-electron chi connectivity index (χ2n) is 2.97. The molecule has 0 fully saturated rings. The largest absolute Gasteiger partial charge is 0.395 e. The summed E-state index contributed by atoms with van der Waals surface area (Å²) in [6, 6.07) is 1.88. The van der Waals surface area contributed by atoms with Crippen LogP contribution in [0.2, 0.25) is 0 Å². The van der Waals surface area contributed by atoms with Gasteiger partial charge in [-0.15, -0.1) is 0 Å². The molecule has 0 aliphatic carbocycles. The minimum absolute atomic E-state index is 0.673. The van der Waals surface area contributed by atoms with Crippen molar-refractivity contribution in [3.8, 4) is 5.82 Å². The maximum atomic E-state index is 5.90. The summed E-state index contributed by atoms with van der Waals surface area (Å²) in [7, 11) is 0. The van der Waals surface area contributed by atoms with E-state index in [-0.39, 0.29) is 0 Å².